The number of nitrogens with one attached hydrogen (secondary N) is 1. The number of alkyl halides is 2. The van der Waals surface area contributed by atoms with Gasteiger partial charge in [-0.1, -0.05) is 36.4 Å². The van der Waals surface area contributed by atoms with E-state index in [1.807, 2.05) is 0 Å². The van der Waals surface area contributed by atoms with Crippen molar-refractivity contribution in [3.8, 4) is 0 Å². The third-order valence-electron chi connectivity index (χ3n) is 6.58. The normalized spacial score (nSPS) is 25.2. The zero-order valence-corrected chi connectivity index (χ0v) is 19.1. The van der Waals surface area contributed by atoms with Crippen molar-refractivity contribution in [2.24, 2.45) is 16.6 Å². The molecule has 1 aliphatic carbocycles. The number of benzene rings is 2. The fourth-order valence-electron chi connectivity index (χ4n) is 4.46. The van der Waals surface area contributed by atoms with Crippen LogP contribution in [0, 0.1) is 5.92 Å². The van der Waals surface area contributed by atoms with Crippen LogP contribution in [-0.4, -0.2) is 44.4 Å². The largest absolute Gasteiger partial charge is 0.369 e. The summed E-state index contributed by atoms with van der Waals surface area (Å²) in [5.74, 6) is -1.33. The number of anilines is 1. The van der Waals surface area contributed by atoms with Crippen LogP contribution in [0.1, 0.15) is 42.4 Å². The van der Waals surface area contributed by atoms with E-state index >= 15 is 0 Å². The third kappa shape index (κ3) is 3.96. The molecule has 33 heavy (non-hydrogen) atoms. The highest BCUT2D eigenvalue weighted by Crippen LogP contribution is 2.47. The number of guanidine groups is 1. The summed E-state index contributed by atoms with van der Waals surface area (Å²) in [6.07, 6.45) is -1.16. The van der Waals surface area contributed by atoms with E-state index in [2.05, 4.69) is 9.71 Å². The summed E-state index contributed by atoms with van der Waals surface area (Å²) >= 11 is 0. The number of amides is 1. The van der Waals surface area contributed by atoms with E-state index in [1.54, 1.807) is 48.5 Å². The minimum absolute atomic E-state index is 0.0281. The first-order valence-corrected chi connectivity index (χ1v) is 12.4. The van der Waals surface area contributed by atoms with E-state index in [0.29, 0.717) is 29.7 Å². The molecule has 3 atom stereocenters. The van der Waals surface area contributed by atoms with Crippen molar-refractivity contribution in [2.75, 3.05) is 17.5 Å². The maximum Gasteiger partial charge on any atom is 0.266 e. The van der Waals surface area contributed by atoms with E-state index in [9.17, 15) is 22.0 Å². The molecule has 176 valence electrons. The van der Waals surface area contributed by atoms with Crippen LogP contribution < -0.4 is 10.5 Å². The highest BCUT2D eigenvalue weighted by molar-refractivity contribution is 7.92. The first-order chi connectivity index (χ1) is 15.6. The van der Waals surface area contributed by atoms with Gasteiger partial charge in [0.25, 0.3) is 5.91 Å². The van der Waals surface area contributed by atoms with Crippen LogP contribution in [0.4, 0.5) is 14.5 Å². The predicted molar refractivity (Wildman–Crippen MR) is 123 cm³/mol. The molecule has 1 aliphatic heterocycles. The SMILES string of the molecule is CCS(=O)(=O)Nc1cccc(C2(c3ccc(C4CCC4C(F)F)cc3)N=C(N)N(C)C2=O)c1. The zero-order chi connectivity index (χ0) is 24.0. The van der Waals surface area contributed by atoms with Gasteiger partial charge in [0.15, 0.2) is 11.5 Å². The molecule has 1 amide bonds. The van der Waals surface area contributed by atoms with E-state index in [1.165, 1.54) is 18.9 Å². The molecule has 10 heteroatoms. The lowest BCUT2D eigenvalue weighted by Gasteiger charge is -2.36. The fourth-order valence-corrected chi connectivity index (χ4v) is 5.09. The molecule has 0 spiro atoms. The molecule has 1 fully saturated rings. The van der Waals surface area contributed by atoms with Crippen molar-refractivity contribution >= 4 is 27.6 Å². The van der Waals surface area contributed by atoms with E-state index in [-0.39, 0.29) is 17.6 Å². The van der Waals surface area contributed by atoms with Crippen LogP contribution >= 0.6 is 0 Å². The van der Waals surface area contributed by atoms with Gasteiger partial charge >= 0.3 is 0 Å². The summed E-state index contributed by atoms with van der Waals surface area (Å²) in [6, 6.07) is 13.4. The lowest BCUT2D eigenvalue weighted by molar-refractivity contribution is -0.129. The quantitative estimate of drug-likeness (QED) is 0.640. The minimum Gasteiger partial charge on any atom is -0.369 e. The number of nitrogens with two attached hydrogens (primary N) is 1. The van der Waals surface area contributed by atoms with Gasteiger partial charge in [-0.25, -0.2) is 22.2 Å². The predicted octanol–water partition coefficient (Wildman–Crippen LogP) is 3.24. The fraction of sp³-hybridized carbons (Fsp3) is 0.391. The maximum absolute atomic E-state index is 13.4. The Morgan fingerprint density at radius 2 is 1.88 bits per heavy atom. The minimum atomic E-state index is -3.52. The average Bonchev–Trinajstić information content (AvgIpc) is 2.98. The Labute approximate surface area is 191 Å². The Hall–Kier alpha value is -3.01. The molecule has 0 aromatic heterocycles. The van der Waals surface area contributed by atoms with Crippen LogP contribution in [0.25, 0.3) is 0 Å². The lowest BCUT2D eigenvalue weighted by Crippen LogP contribution is -2.41. The molecule has 2 aromatic rings. The van der Waals surface area contributed by atoms with Crippen molar-refractivity contribution in [1.29, 1.82) is 0 Å². The van der Waals surface area contributed by atoms with Crippen molar-refractivity contribution in [2.45, 2.75) is 37.6 Å². The molecule has 0 bridgehead atoms. The topological polar surface area (TPSA) is 105 Å². The molecular formula is C23H26F2N4O3S. The van der Waals surface area contributed by atoms with Gasteiger partial charge in [-0.15, -0.1) is 0 Å². The Morgan fingerprint density at radius 3 is 2.39 bits per heavy atom. The first-order valence-electron chi connectivity index (χ1n) is 10.7. The molecule has 2 aliphatic rings. The number of aliphatic imine (C=N–C) groups is 1. The number of rotatable bonds is 7. The van der Waals surface area contributed by atoms with E-state index in [0.717, 1.165) is 5.56 Å². The van der Waals surface area contributed by atoms with Gasteiger partial charge < -0.3 is 5.73 Å². The molecule has 0 saturated heterocycles. The molecule has 2 aromatic carbocycles. The molecule has 3 unspecified atom stereocenters. The van der Waals surface area contributed by atoms with Crippen LogP contribution in [0.2, 0.25) is 0 Å². The number of hydrogen-bond donors (Lipinski definition) is 2. The number of sulfonamides is 1. The highest BCUT2D eigenvalue weighted by atomic mass is 32.2. The van der Waals surface area contributed by atoms with Crippen LogP contribution in [0.15, 0.2) is 53.5 Å². The maximum atomic E-state index is 13.4. The van der Waals surface area contributed by atoms with Crippen LogP contribution in [-0.2, 0) is 20.4 Å². The Morgan fingerprint density at radius 1 is 1.18 bits per heavy atom. The summed E-state index contributed by atoms with van der Waals surface area (Å²) in [4.78, 5) is 19.2. The summed E-state index contributed by atoms with van der Waals surface area (Å²) in [5.41, 5.74) is 6.56. The number of hydrogen-bond acceptors (Lipinski definition) is 5. The molecule has 1 heterocycles. The van der Waals surface area contributed by atoms with Gasteiger partial charge in [0.05, 0.1) is 5.75 Å². The van der Waals surface area contributed by atoms with Crippen LogP contribution in [0.5, 0.6) is 0 Å². The summed E-state index contributed by atoms with van der Waals surface area (Å²) in [7, 11) is -2.01. The number of halogens is 2. The van der Waals surface area contributed by atoms with E-state index < -0.39 is 33.8 Å². The Kier molecular flexibility index (Phi) is 5.90. The van der Waals surface area contributed by atoms with Gasteiger partial charge in [0.1, 0.15) is 0 Å². The number of likely N-dealkylation sites (N-methyl/N-ethyl adjacent to an activating group) is 1. The molecule has 4 rings (SSSR count). The molecule has 7 nitrogen and oxygen atoms in total. The zero-order valence-electron chi connectivity index (χ0n) is 18.3. The number of nitrogens with zero attached hydrogens (tertiary/aromatic N) is 2. The second-order valence-electron chi connectivity index (χ2n) is 8.44. The third-order valence-corrected chi connectivity index (χ3v) is 7.89. The van der Waals surface area contributed by atoms with Gasteiger partial charge in [0.2, 0.25) is 16.4 Å². The molecular weight excluding hydrogens is 450 g/mol. The van der Waals surface area contributed by atoms with Gasteiger partial charge in [-0.05, 0) is 54.5 Å². The molecule has 0 radical (unpaired) electrons. The summed E-state index contributed by atoms with van der Waals surface area (Å²) in [5, 5.41) is 0. The second-order valence-corrected chi connectivity index (χ2v) is 10.4. The number of carbonyl (C=O) groups excluding carboxylic acids is 1. The Bertz CT molecular complexity index is 1200. The monoisotopic (exact) mass is 476 g/mol. The lowest BCUT2D eigenvalue weighted by atomic mass is 9.70. The van der Waals surface area contributed by atoms with Crippen molar-refractivity contribution in [3.05, 3.63) is 65.2 Å². The molecule has 3 N–H and O–H groups in total. The van der Waals surface area contributed by atoms with Crippen molar-refractivity contribution in [1.82, 2.24) is 4.90 Å². The van der Waals surface area contributed by atoms with Crippen molar-refractivity contribution in [3.63, 3.8) is 0 Å². The highest BCUT2D eigenvalue weighted by Gasteiger charge is 2.49. The Balaban J connectivity index is 1.77. The van der Waals surface area contributed by atoms with Crippen molar-refractivity contribution < 1.29 is 22.0 Å². The average molecular weight is 477 g/mol. The van der Waals surface area contributed by atoms with Gasteiger partial charge in [-0.2, -0.15) is 0 Å². The second kappa shape index (κ2) is 8.40. The smallest absolute Gasteiger partial charge is 0.266 e. The van der Waals surface area contributed by atoms with Crippen LogP contribution in [0.3, 0.4) is 0 Å². The standard InChI is InChI=1S/C23H26F2N4O3S/c1-3-33(31,32)28-17-6-4-5-16(13-17)23(21(30)29(2)22(26)27-23)15-9-7-14(8-10-15)18-11-12-19(18)20(24)25/h4-10,13,18-20,28H,3,11-12H2,1-2H3,(H2,26,27). The molecule has 1 saturated carbocycles. The first kappa shape index (κ1) is 23.2. The van der Waals surface area contributed by atoms with Gasteiger partial charge in [-0.3, -0.25) is 14.4 Å². The summed E-state index contributed by atoms with van der Waals surface area (Å²) in [6.45, 7) is 1.52. The van der Waals surface area contributed by atoms with E-state index in [4.69, 9.17) is 5.73 Å². The van der Waals surface area contributed by atoms with Gasteiger partial charge in [0, 0.05) is 18.7 Å². The summed E-state index contributed by atoms with van der Waals surface area (Å²) < 4.78 is 53.0. The number of carbonyl (C=O) groups is 1.